The summed E-state index contributed by atoms with van der Waals surface area (Å²) >= 11 is 0. The fourth-order valence-electron chi connectivity index (χ4n) is 3.24. The predicted molar refractivity (Wildman–Crippen MR) is 83.8 cm³/mol. The van der Waals surface area contributed by atoms with E-state index in [1.165, 1.54) is 22.3 Å². The summed E-state index contributed by atoms with van der Waals surface area (Å²) in [5.41, 5.74) is 6.03. The third kappa shape index (κ3) is 2.65. The molecule has 4 nitrogen and oxygen atoms in total. The molecule has 6 heteroatoms. The lowest BCUT2D eigenvalue weighted by Gasteiger charge is -2.16. The molecule has 0 saturated heterocycles. The van der Waals surface area contributed by atoms with E-state index in [1.54, 1.807) is 0 Å². The predicted octanol–water partition coefficient (Wildman–Crippen LogP) is 2.57. The van der Waals surface area contributed by atoms with Gasteiger partial charge in [0.15, 0.2) is 0 Å². The number of fused-ring (bicyclic) bond motifs is 2. The highest BCUT2D eigenvalue weighted by molar-refractivity contribution is 8.19. The lowest BCUT2D eigenvalue weighted by atomic mass is 9.99. The smallest absolute Gasteiger partial charge is 0.307 e. The summed E-state index contributed by atoms with van der Waals surface area (Å²) in [5.74, 6) is 3.22. The van der Waals surface area contributed by atoms with Gasteiger partial charge >= 0.3 is 6.03 Å². The molecule has 0 fully saturated rings. The molecule has 2 aliphatic rings. The normalized spacial score (nSPS) is 19.1. The minimum Gasteiger partial charge on any atom is -0.307 e. The van der Waals surface area contributed by atoms with Gasteiger partial charge in [0.25, 0.3) is 0 Å². The molecule has 0 heterocycles. The lowest BCUT2D eigenvalue weighted by Crippen LogP contribution is -2.31. The van der Waals surface area contributed by atoms with E-state index in [0.717, 1.165) is 44.2 Å². The minimum atomic E-state index is -3.06. The van der Waals surface area contributed by atoms with Gasteiger partial charge in [-0.2, -0.15) is 0 Å². The van der Waals surface area contributed by atoms with Crippen molar-refractivity contribution >= 4 is 37.2 Å². The van der Waals surface area contributed by atoms with Crippen molar-refractivity contribution in [1.82, 2.24) is 4.72 Å². The number of carbonyl (C=O) groups excluding carboxylic acids is 1. The van der Waals surface area contributed by atoms with Gasteiger partial charge in [0.05, 0.1) is 0 Å². The summed E-state index contributed by atoms with van der Waals surface area (Å²) in [6.07, 6.45) is 6.35. The van der Waals surface area contributed by atoms with Crippen LogP contribution in [0.3, 0.4) is 0 Å². The summed E-state index contributed by atoms with van der Waals surface area (Å²) in [6.45, 7) is 0. The fraction of sp³-hybridized carbons (Fsp3) is 0.429. The van der Waals surface area contributed by atoms with E-state index in [4.69, 9.17) is 10.7 Å². The molecule has 1 atom stereocenters. The summed E-state index contributed by atoms with van der Waals surface area (Å²) in [6, 6.07) is 1.74. The third-order valence-corrected chi connectivity index (χ3v) is 4.68. The van der Waals surface area contributed by atoms with Gasteiger partial charge in [-0.25, -0.2) is 9.00 Å². The first-order chi connectivity index (χ1) is 9.44. The minimum absolute atomic E-state index is 0.547. The van der Waals surface area contributed by atoms with Crippen LogP contribution in [0.4, 0.5) is 10.5 Å². The van der Waals surface area contributed by atoms with Crippen LogP contribution in [0.25, 0.3) is 0 Å². The molecule has 0 aromatic heterocycles. The third-order valence-electron chi connectivity index (χ3n) is 3.96. The molecule has 0 radical (unpaired) electrons. The molecule has 2 aliphatic carbocycles. The fourth-order valence-corrected chi connectivity index (χ4v) is 3.78. The van der Waals surface area contributed by atoms with Crippen molar-refractivity contribution in [3.63, 3.8) is 0 Å². The lowest BCUT2D eigenvalue weighted by molar-refractivity contribution is 0.257. The van der Waals surface area contributed by atoms with Crippen LogP contribution in [-0.2, 0) is 34.6 Å². The van der Waals surface area contributed by atoms with Crippen molar-refractivity contribution in [2.24, 2.45) is 0 Å². The van der Waals surface area contributed by atoms with E-state index < -0.39 is 15.0 Å². The van der Waals surface area contributed by atoms with E-state index in [1.807, 2.05) is 0 Å². The van der Waals surface area contributed by atoms with Crippen LogP contribution in [0.15, 0.2) is 6.07 Å². The number of halogens is 1. The van der Waals surface area contributed by atoms with Crippen LogP contribution < -0.4 is 10.0 Å². The second-order valence-electron chi connectivity index (χ2n) is 5.38. The Labute approximate surface area is 123 Å². The van der Waals surface area contributed by atoms with Crippen molar-refractivity contribution in [3.05, 3.63) is 28.3 Å². The number of hydrogen-bond donors (Lipinski definition) is 2. The van der Waals surface area contributed by atoms with Gasteiger partial charge in [-0.15, -0.1) is 0 Å². The second-order valence-corrected chi connectivity index (χ2v) is 8.27. The van der Waals surface area contributed by atoms with Crippen molar-refractivity contribution in [3.8, 4) is 0 Å². The molecule has 2 N–H and O–H groups in total. The zero-order chi connectivity index (χ0) is 14.3. The van der Waals surface area contributed by atoms with E-state index in [2.05, 4.69) is 22.0 Å². The highest BCUT2D eigenvalue weighted by Gasteiger charge is 2.25. The number of anilines is 1. The van der Waals surface area contributed by atoms with Crippen LogP contribution in [0.2, 0.25) is 0 Å². The van der Waals surface area contributed by atoms with E-state index >= 15 is 0 Å². The average molecular weight is 313 g/mol. The molecule has 108 valence electrons. The Kier molecular flexibility index (Phi) is 3.42. The van der Waals surface area contributed by atoms with Crippen molar-refractivity contribution in [2.75, 3.05) is 5.32 Å². The summed E-state index contributed by atoms with van der Waals surface area (Å²) in [7, 11) is 2.41. The van der Waals surface area contributed by atoms with Crippen molar-refractivity contribution in [2.45, 2.75) is 38.5 Å². The summed E-state index contributed by atoms with van der Waals surface area (Å²) < 4.78 is 13.5. The molecule has 0 spiro atoms. The monoisotopic (exact) mass is 312 g/mol. The zero-order valence-corrected chi connectivity index (χ0v) is 12.7. The maximum atomic E-state index is 11.9. The Morgan fingerprint density at radius 2 is 1.70 bits per heavy atom. The number of hydrogen-bond acceptors (Lipinski definition) is 2. The highest BCUT2D eigenvalue weighted by Crippen LogP contribution is 2.38. The van der Waals surface area contributed by atoms with Crippen molar-refractivity contribution < 1.29 is 9.00 Å². The first-order valence-electron chi connectivity index (χ1n) is 6.76. The van der Waals surface area contributed by atoms with Gasteiger partial charge in [0, 0.05) is 16.4 Å². The Morgan fingerprint density at radius 3 is 2.20 bits per heavy atom. The maximum Gasteiger partial charge on any atom is 0.331 e. The molecule has 2 amide bonds. The summed E-state index contributed by atoms with van der Waals surface area (Å²) in [5, 5.41) is 2.85. The van der Waals surface area contributed by atoms with Crippen LogP contribution >= 0.6 is 10.7 Å². The zero-order valence-electron chi connectivity index (χ0n) is 11.1. The number of amides is 2. The molecule has 1 aromatic carbocycles. The van der Waals surface area contributed by atoms with Crippen LogP contribution in [-0.4, -0.2) is 16.1 Å². The molecule has 0 bridgehead atoms. The van der Waals surface area contributed by atoms with Gasteiger partial charge in [0.2, 0.25) is 0 Å². The van der Waals surface area contributed by atoms with Gasteiger partial charge in [-0.1, -0.05) is 6.07 Å². The molecule has 3 rings (SSSR count). The topological polar surface area (TPSA) is 58.2 Å². The molecule has 0 saturated carbocycles. The number of nitrogens with one attached hydrogen (secondary N) is 2. The van der Waals surface area contributed by atoms with Crippen LogP contribution in [0.1, 0.15) is 35.1 Å². The second kappa shape index (κ2) is 4.97. The molecule has 1 unspecified atom stereocenters. The number of carbonyl (C=O) groups is 1. The van der Waals surface area contributed by atoms with Crippen LogP contribution in [0.5, 0.6) is 0 Å². The van der Waals surface area contributed by atoms with Gasteiger partial charge in [-0.3, -0.25) is 4.72 Å². The Morgan fingerprint density at radius 1 is 1.15 bits per heavy atom. The Bertz CT molecular complexity index is 651. The number of aryl methyl sites for hydroxylation is 2. The first kappa shape index (κ1) is 13.8. The quantitative estimate of drug-likeness (QED) is 0.651. The number of rotatable bonds is 2. The molecule has 0 aliphatic heterocycles. The summed E-state index contributed by atoms with van der Waals surface area (Å²) in [4.78, 5) is 11.9. The number of urea groups is 1. The number of benzene rings is 1. The maximum absolute atomic E-state index is 11.9. The van der Waals surface area contributed by atoms with Crippen LogP contribution in [0, 0.1) is 0 Å². The Balaban J connectivity index is 1.95. The highest BCUT2D eigenvalue weighted by atomic mass is 35.7. The molecule has 20 heavy (non-hydrogen) atoms. The molecular weight excluding hydrogens is 296 g/mol. The average Bonchev–Trinajstić information content (AvgIpc) is 2.93. The van der Waals surface area contributed by atoms with E-state index in [0.29, 0.717) is 0 Å². The van der Waals surface area contributed by atoms with E-state index in [-0.39, 0.29) is 0 Å². The van der Waals surface area contributed by atoms with Gasteiger partial charge in [0.1, 0.15) is 8.92 Å². The van der Waals surface area contributed by atoms with Gasteiger partial charge < -0.3 is 5.32 Å². The van der Waals surface area contributed by atoms with E-state index in [9.17, 15) is 9.00 Å². The Hall–Kier alpha value is -1.20. The first-order valence-corrected chi connectivity index (χ1v) is 9.31. The van der Waals surface area contributed by atoms with Gasteiger partial charge in [-0.05, 0) is 66.6 Å². The largest absolute Gasteiger partial charge is 0.331 e. The SMILES string of the molecule is C=S(=O)(Cl)NC(=O)Nc1c2c(cc3c1CCC3)CCC2. The van der Waals surface area contributed by atoms with Crippen molar-refractivity contribution in [1.29, 1.82) is 0 Å². The molecule has 1 aromatic rings. The molecular formula is C14H17ClN2O2S. The standard InChI is InChI=1S/C14H17ClN2O2S/c1-20(15,19)17-14(18)16-13-11-6-2-4-9(11)8-10-5-3-7-12(10)13/h8H,1-7H2,(H2,16,17,18,19).